The summed E-state index contributed by atoms with van der Waals surface area (Å²) in [5.74, 6) is -1.96. The Morgan fingerprint density at radius 1 is 1.37 bits per heavy atom. The zero-order chi connectivity index (χ0) is 13.9. The van der Waals surface area contributed by atoms with Crippen LogP contribution in [0.3, 0.4) is 0 Å². The predicted octanol–water partition coefficient (Wildman–Crippen LogP) is 2.30. The Labute approximate surface area is 109 Å². The van der Waals surface area contributed by atoms with Gasteiger partial charge in [-0.25, -0.2) is 0 Å². The van der Waals surface area contributed by atoms with Crippen molar-refractivity contribution in [1.82, 2.24) is 5.32 Å². The van der Waals surface area contributed by atoms with Crippen LogP contribution >= 0.6 is 0 Å². The van der Waals surface area contributed by atoms with Crippen LogP contribution in [0.4, 0.5) is 18.9 Å². The molecule has 1 aliphatic heterocycles. The van der Waals surface area contributed by atoms with Crippen LogP contribution in [0.25, 0.3) is 0 Å². The Kier molecular flexibility index (Phi) is 3.96. The number of nitrogens with zero attached hydrogens (tertiary/aromatic N) is 2. The molecule has 0 fully saturated rings. The molecule has 1 atom stereocenters. The normalized spacial score (nSPS) is 17.3. The van der Waals surface area contributed by atoms with Crippen molar-refractivity contribution in [3.63, 3.8) is 0 Å². The molecule has 2 rings (SSSR count). The molecule has 0 bridgehead atoms. The van der Waals surface area contributed by atoms with E-state index in [1.54, 1.807) is 17.0 Å². The van der Waals surface area contributed by atoms with E-state index in [-0.39, 0.29) is 6.54 Å². The number of nitrogens with one attached hydrogen (secondary N) is 1. The molecular formula is C13H14F3N3. The zero-order valence-corrected chi connectivity index (χ0v) is 10.2. The van der Waals surface area contributed by atoms with Crippen molar-refractivity contribution in [2.45, 2.75) is 12.7 Å². The Balaban J connectivity index is 2.23. The van der Waals surface area contributed by atoms with Crippen LogP contribution in [0, 0.1) is 17.2 Å². The lowest BCUT2D eigenvalue weighted by atomic mass is 10.1. The molecule has 1 aromatic carbocycles. The van der Waals surface area contributed by atoms with Crippen LogP contribution in [0.1, 0.15) is 5.56 Å². The SMILES string of the molecule is N#CC(CN1CCNCc2ccccc21)C(F)(F)F. The first-order valence-electron chi connectivity index (χ1n) is 6.02. The summed E-state index contributed by atoms with van der Waals surface area (Å²) in [6, 6.07) is 8.69. The molecule has 1 unspecified atom stereocenters. The predicted molar refractivity (Wildman–Crippen MR) is 65.5 cm³/mol. The number of alkyl halides is 3. The minimum absolute atomic E-state index is 0.321. The molecule has 102 valence electrons. The highest BCUT2D eigenvalue weighted by atomic mass is 19.4. The van der Waals surface area contributed by atoms with Crippen molar-refractivity contribution < 1.29 is 13.2 Å². The van der Waals surface area contributed by atoms with E-state index in [0.717, 1.165) is 11.3 Å². The number of rotatable bonds is 2. The molecule has 0 aliphatic carbocycles. The molecule has 19 heavy (non-hydrogen) atoms. The van der Waals surface area contributed by atoms with Gasteiger partial charge in [0.2, 0.25) is 0 Å². The maximum Gasteiger partial charge on any atom is 0.406 e. The topological polar surface area (TPSA) is 39.1 Å². The standard InChI is InChI=1S/C13H14F3N3/c14-13(15,16)11(7-17)9-19-6-5-18-8-10-3-1-2-4-12(10)19/h1-4,11,18H,5-6,8-9H2. The number of benzene rings is 1. The van der Waals surface area contributed by atoms with Crippen LogP contribution in [-0.2, 0) is 6.54 Å². The van der Waals surface area contributed by atoms with Gasteiger partial charge in [0.05, 0.1) is 6.07 Å². The summed E-state index contributed by atoms with van der Waals surface area (Å²) in [7, 11) is 0. The number of anilines is 1. The smallest absolute Gasteiger partial charge is 0.368 e. The van der Waals surface area contributed by atoms with Gasteiger partial charge in [0.25, 0.3) is 0 Å². The van der Waals surface area contributed by atoms with E-state index < -0.39 is 12.1 Å². The summed E-state index contributed by atoms with van der Waals surface area (Å²) in [5.41, 5.74) is 1.73. The van der Waals surface area contributed by atoms with Crippen LogP contribution in [0.15, 0.2) is 24.3 Å². The molecule has 1 aliphatic rings. The highest BCUT2D eigenvalue weighted by Gasteiger charge is 2.41. The molecule has 0 spiro atoms. The van der Waals surface area contributed by atoms with Gasteiger partial charge in [-0.15, -0.1) is 0 Å². The number of para-hydroxylation sites is 1. The molecule has 0 saturated carbocycles. The first kappa shape index (κ1) is 13.7. The molecule has 1 heterocycles. The minimum atomic E-state index is -4.48. The molecule has 1 aromatic rings. The second kappa shape index (κ2) is 5.49. The number of nitriles is 1. The van der Waals surface area contributed by atoms with E-state index in [0.29, 0.717) is 19.6 Å². The molecule has 6 heteroatoms. The van der Waals surface area contributed by atoms with E-state index in [4.69, 9.17) is 5.26 Å². The van der Waals surface area contributed by atoms with Crippen LogP contribution < -0.4 is 10.2 Å². The van der Waals surface area contributed by atoms with E-state index in [2.05, 4.69) is 5.32 Å². The Morgan fingerprint density at radius 2 is 2.11 bits per heavy atom. The van der Waals surface area contributed by atoms with Crippen molar-refractivity contribution in [2.24, 2.45) is 5.92 Å². The van der Waals surface area contributed by atoms with Crippen LogP contribution in [0.5, 0.6) is 0 Å². The van der Waals surface area contributed by atoms with Crippen LogP contribution in [-0.4, -0.2) is 25.8 Å². The third-order valence-electron chi connectivity index (χ3n) is 3.16. The molecule has 0 aromatic heterocycles. The number of hydrogen-bond acceptors (Lipinski definition) is 3. The minimum Gasteiger partial charge on any atom is -0.368 e. The highest BCUT2D eigenvalue weighted by molar-refractivity contribution is 5.54. The van der Waals surface area contributed by atoms with Crippen LogP contribution in [0.2, 0.25) is 0 Å². The molecule has 0 amide bonds. The first-order valence-corrected chi connectivity index (χ1v) is 6.02. The average Bonchev–Trinajstić information content (AvgIpc) is 2.57. The summed E-state index contributed by atoms with van der Waals surface area (Å²) in [6.07, 6.45) is -4.48. The molecular weight excluding hydrogens is 255 g/mol. The third-order valence-corrected chi connectivity index (χ3v) is 3.16. The summed E-state index contributed by atoms with van der Waals surface area (Å²) in [5, 5.41) is 11.9. The van der Waals surface area contributed by atoms with Gasteiger partial charge in [-0.1, -0.05) is 18.2 Å². The van der Waals surface area contributed by atoms with Gasteiger partial charge in [0, 0.05) is 31.9 Å². The largest absolute Gasteiger partial charge is 0.406 e. The van der Waals surface area contributed by atoms with Gasteiger partial charge < -0.3 is 10.2 Å². The number of halogens is 3. The number of hydrogen-bond donors (Lipinski definition) is 1. The summed E-state index contributed by atoms with van der Waals surface area (Å²) in [4.78, 5) is 1.64. The second-order valence-electron chi connectivity index (χ2n) is 4.47. The fourth-order valence-electron chi connectivity index (χ4n) is 2.15. The fourth-order valence-corrected chi connectivity index (χ4v) is 2.15. The third kappa shape index (κ3) is 3.18. The quantitative estimate of drug-likeness (QED) is 0.895. The van der Waals surface area contributed by atoms with Gasteiger partial charge >= 0.3 is 6.18 Å². The summed E-state index contributed by atoms with van der Waals surface area (Å²) in [6.45, 7) is 1.38. The summed E-state index contributed by atoms with van der Waals surface area (Å²) >= 11 is 0. The molecule has 0 saturated heterocycles. The van der Waals surface area contributed by atoms with E-state index >= 15 is 0 Å². The van der Waals surface area contributed by atoms with Crippen molar-refractivity contribution in [3.8, 4) is 6.07 Å². The van der Waals surface area contributed by atoms with Gasteiger partial charge in [-0.2, -0.15) is 18.4 Å². The van der Waals surface area contributed by atoms with Crippen molar-refractivity contribution in [3.05, 3.63) is 29.8 Å². The van der Waals surface area contributed by atoms with Gasteiger partial charge in [0.1, 0.15) is 0 Å². The lowest BCUT2D eigenvalue weighted by Crippen LogP contribution is -2.38. The van der Waals surface area contributed by atoms with Crippen molar-refractivity contribution >= 4 is 5.69 Å². The Morgan fingerprint density at radius 3 is 2.79 bits per heavy atom. The molecule has 3 nitrogen and oxygen atoms in total. The monoisotopic (exact) mass is 269 g/mol. The van der Waals surface area contributed by atoms with E-state index in [9.17, 15) is 13.2 Å². The van der Waals surface area contributed by atoms with E-state index in [1.807, 2.05) is 12.1 Å². The fraction of sp³-hybridized carbons (Fsp3) is 0.462. The maximum atomic E-state index is 12.7. The second-order valence-corrected chi connectivity index (χ2v) is 4.47. The van der Waals surface area contributed by atoms with Gasteiger partial charge in [-0.05, 0) is 11.6 Å². The summed E-state index contributed by atoms with van der Waals surface area (Å²) < 4.78 is 38.1. The van der Waals surface area contributed by atoms with Gasteiger partial charge in [0.15, 0.2) is 5.92 Å². The average molecular weight is 269 g/mol. The zero-order valence-electron chi connectivity index (χ0n) is 10.2. The van der Waals surface area contributed by atoms with Gasteiger partial charge in [-0.3, -0.25) is 0 Å². The number of fused-ring (bicyclic) bond motifs is 1. The lowest BCUT2D eigenvalue weighted by molar-refractivity contribution is -0.156. The van der Waals surface area contributed by atoms with Crippen molar-refractivity contribution in [2.75, 3.05) is 24.5 Å². The molecule has 1 N–H and O–H groups in total. The lowest BCUT2D eigenvalue weighted by Gasteiger charge is -2.27. The highest BCUT2D eigenvalue weighted by Crippen LogP contribution is 2.29. The Hall–Kier alpha value is -1.74. The maximum absolute atomic E-state index is 12.7. The first-order chi connectivity index (χ1) is 9.02. The Bertz CT molecular complexity index is 479. The van der Waals surface area contributed by atoms with Crippen molar-refractivity contribution in [1.29, 1.82) is 5.26 Å². The van der Waals surface area contributed by atoms with E-state index in [1.165, 1.54) is 6.07 Å². The molecule has 0 radical (unpaired) electrons.